The predicted molar refractivity (Wildman–Crippen MR) is 103 cm³/mol. The Morgan fingerprint density at radius 3 is 2.41 bits per heavy atom. The number of halogens is 4. The molecule has 0 fully saturated rings. The van der Waals surface area contributed by atoms with E-state index in [9.17, 15) is 22.4 Å². The Labute approximate surface area is 166 Å². The van der Waals surface area contributed by atoms with E-state index in [1.807, 2.05) is 13.0 Å². The summed E-state index contributed by atoms with van der Waals surface area (Å²) in [6, 6.07) is 9.68. The molecular weight excluding hydrogens is 388 g/mol. The molecule has 2 aromatic carbocycles. The molecule has 0 saturated heterocycles. The average Bonchev–Trinajstić information content (AvgIpc) is 2.67. The third-order valence-electron chi connectivity index (χ3n) is 4.03. The van der Waals surface area contributed by atoms with Gasteiger partial charge < -0.3 is 16.0 Å². The van der Waals surface area contributed by atoms with Crippen LogP contribution >= 0.6 is 0 Å². The second kappa shape index (κ2) is 9.90. The molecule has 0 radical (unpaired) electrons. The molecule has 0 bridgehead atoms. The van der Waals surface area contributed by atoms with Gasteiger partial charge in [0.05, 0.1) is 5.56 Å². The highest BCUT2D eigenvalue weighted by Crippen LogP contribution is 2.32. The van der Waals surface area contributed by atoms with E-state index in [0.29, 0.717) is 18.2 Å². The molecule has 1 amide bonds. The quantitative estimate of drug-likeness (QED) is 0.297. The van der Waals surface area contributed by atoms with E-state index >= 15 is 0 Å². The van der Waals surface area contributed by atoms with Gasteiger partial charge in [0.15, 0.2) is 5.96 Å². The number of hydrogen-bond donors (Lipinski definition) is 3. The first kappa shape index (κ1) is 22.2. The molecule has 5 nitrogen and oxygen atoms in total. The number of carbonyl (C=O) groups excluding carboxylic acids is 1. The van der Waals surface area contributed by atoms with Crippen molar-refractivity contribution in [2.24, 2.45) is 4.99 Å². The Balaban J connectivity index is 1.84. The minimum absolute atomic E-state index is 0.102. The number of carbonyl (C=O) groups is 1. The van der Waals surface area contributed by atoms with Crippen molar-refractivity contribution < 1.29 is 22.4 Å². The highest BCUT2D eigenvalue weighted by Gasteiger charge is 2.33. The van der Waals surface area contributed by atoms with Crippen molar-refractivity contribution in [2.45, 2.75) is 19.6 Å². The number of nitrogens with zero attached hydrogens (tertiary/aromatic N) is 1. The fourth-order valence-corrected chi connectivity index (χ4v) is 2.61. The fourth-order valence-electron chi connectivity index (χ4n) is 2.61. The van der Waals surface area contributed by atoms with Crippen LogP contribution < -0.4 is 16.0 Å². The molecule has 29 heavy (non-hydrogen) atoms. The van der Waals surface area contributed by atoms with E-state index < -0.39 is 17.6 Å². The third-order valence-corrected chi connectivity index (χ3v) is 4.03. The average molecular weight is 410 g/mol. The lowest BCUT2D eigenvalue weighted by molar-refractivity contribution is -0.138. The fraction of sp³-hybridized carbons (Fsp3) is 0.300. The van der Waals surface area contributed by atoms with Crippen LogP contribution in [0.4, 0.5) is 17.6 Å². The standard InChI is InChI=1S/C20H22F4N4O/c1-13-4-3-5-14(10-13)18(29)26-8-9-27-19(25-2)28-12-15-6-7-16(21)11-17(15)20(22,23)24/h3-7,10-11H,8-9,12H2,1-2H3,(H,26,29)(H2,25,27,28). The zero-order valence-electron chi connectivity index (χ0n) is 16.0. The summed E-state index contributed by atoms with van der Waals surface area (Å²) in [5.41, 5.74) is 0.378. The summed E-state index contributed by atoms with van der Waals surface area (Å²) < 4.78 is 52.3. The van der Waals surface area contributed by atoms with Crippen LogP contribution in [0, 0.1) is 12.7 Å². The van der Waals surface area contributed by atoms with E-state index in [-0.39, 0.29) is 30.5 Å². The summed E-state index contributed by atoms with van der Waals surface area (Å²) in [5, 5.41) is 8.39. The number of nitrogens with one attached hydrogen (secondary N) is 3. The Morgan fingerprint density at radius 1 is 1.03 bits per heavy atom. The maximum absolute atomic E-state index is 13.2. The minimum Gasteiger partial charge on any atom is -0.355 e. The van der Waals surface area contributed by atoms with Crippen LogP contribution in [-0.4, -0.2) is 32.0 Å². The van der Waals surface area contributed by atoms with Crippen molar-refractivity contribution in [1.82, 2.24) is 16.0 Å². The topological polar surface area (TPSA) is 65.5 Å². The normalized spacial score (nSPS) is 11.9. The molecule has 0 atom stereocenters. The molecule has 3 N–H and O–H groups in total. The molecule has 0 aromatic heterocycles. The van der Waals surface area contributed by atoms with E-state index in [0.717, 1.165) is 17.7 Å². The summed E-state index contributed by atoms with van der Waals surface area (Å²) in [7, 11) is 1.47. The summed E-state index contributed by atoms with van der Waals surface area (Å²) in [5.74, 6) is -0.917. The lowest BCUT2D eigenvalue weighted by Crippen LogP contribution is -2.41. The van der Waals surface area contributed by atoms with Gasteiger partial charge in [-0.05, 0) is 36.8 Å². The molecular formula is C20H22F4N4O. The lowest BCUT2D eigenvalue weighted by atomic mass is 10.1. The van der Waals surface area contributed by atoms with E-state index in [4.69, 9.17) is 0 Å². The summed E-state index contributed by atoms with van der Waals surface area (Å²) in [6.07, 6.45) is -4.66. The van der Waals surface area contributed by atoms with Gasteiger partial charge in [-0.1, -0.05) is 23.8 Å². The molecule has 0 aliphatic carbocycles. The number of benzene rings is 2. The van der Waals surface area contributed by atoms with Gasteiger partial charge in [-0.2, -0.15) is 13.2 Å². The largest absolute Gasteiger partial charge is 0.416 e. The van der Waals surface area contributed by atoms with Crippen molar-refractivity contribution >= 4 is 11.9 Å². The van der Waals surface area contributed by atoms with Crippen molar-refractivity contribution in [3.63, 3.8) is 0 Å². The molecule has 9 heteroatoms. The molecule has 0 heterocycles. The van der Waals surface area contributed by atoms with Gasteiger partial charge in [-0.15, -0.1) is 0 Å². The molecule has 2 rings (SSSR count). The Kier molecular flexibility index (Phi) is 7.58. The van der Waals surface area contributed by atoms with Crippen molar-refractivity contribution in [2.75, 3.05) is 20.1 Å². The monoisotopic (exact) mass is 410 g/mol. The zero-order chi connectivity index (χ0) is 21.4. The summed E-state index contributed by atoms with van der Waals surface area (Å²) >= 11 is 0. The Morgan fingerprint density at radius 2 is 1.76 bits per heavy atom. The van der Waals surface area contributed by atoms with Crippen LogP contribution in [0.2, 0.25) is 0 Å². The number of aryl methyl sites for hydroxylation is 1. The zero-order valence-corrected chi connectivity index (χ0v) is 16.0. The lowest BCUT2D eigenvalue weighted by Gasteiger charge is -2.16. The Hall–Kier alpha value is -3.10. The summed E-state index contributed by atoms with van der Waals surface area (Å²) in [6.45, 7) is 2.30. The van der Waals surface area contributed by atoms with Crippen molar-refractivity contribution in [3.8, 4) is 0 Å². The predicted octanol–water partition coefficient (Wildman–Crippen LogP) is 3.25. The van der Waals surface area contributed by atoms with Gasteiger partial charge in [-0.25, -0.2) is 4.39 Å². The SMILES string of the molecule is CN=C(NCCNC(=O)c1cccc(C)c1)NCc1ccc(F)cc1C(F)(F)F. The highest BCUT2D eigenvalue weighted by molar-refractivity contribution is 5.94. The van der Waals surface area contributed by atoms with E-state index in [2.05, 4.69) is 20.9 Å². The van der Waals surface area contributed by atoms with Crippen molar-refractivity contribution in [3.05, 3.63) is 70.5 Å². The maximum atomic E-state index is 13.2. The third kappa shape index (κ3) is 6.78. The van der Waals surface area contributed by atoms with Crippen LogP contribution in [0.3, 0.4) is 0 Å². The molecule has 156 valence electrons. The van der Waals surface area contributed by atoms with Crippen LogP contribution in [-0.2, 0) is 12.7 Å². The number of hydrogen-bond acceptors (Lipinski definition) is 2. The van der Waals surface area contributed by atoms with Crippen LogP contribution in [0.5, 0.6) is 0 Å². The second-order valence-electron chi connectivity index (χ2n) is 6.28. The maximum Gasteiger partial charge on any atom is 0.416 e. The van der Waals surface area contributed by atoms with Gasteiger partial charge >= 0.3 is 6.18 Å². The van der Waals surface area contributed by atoms with Crippen molar-refractivity contribution in [1.29, 1.82) is 0 Å². The van der Waals surface area contributed by atoms with Gasteiger partial charge in [0.1, 0.15) is 5.82 Å². The van der Waals surface area contributed by atoms with Gasteiger partial charge in [0, 0.05) is 32.2 Å². The molecule has 0 unspecified atom stereocenters. The van der Waals surface area contributed by atoms with Gasteiger partial charge in [0.25, 0.3) is 5.91 Å². The minimum atomic E-state index is -4.66. The van der Waals surface area contributed by atoms with Crippen LogP contribution in [0.15, 0.2) is 47.5 Å². The van der Waals surface area contributed by atoms with E-state index in [1.54, 1.807) is 18.2 Å². The highest BCUT2D eigenvalue weighted by atomic mass is 19.4. The molecule has 0 aliphatic rings. The second-order valence-corrected chi connectivity index (χ2v) is 6.28. The smallest absolute Gasteiger partial charge is 0.355 e. The molecule has 0 aliphatic heterocycles. The number of guanidine groups is 1. The number of aliphatic imine (C=N–C) groups is 1. The van der Waals surface area contributed by atoms with Crippen LogP contribution in [0.25, 0.3) is 0 Å². The summed E-state index contributed by atoms with van der Waals surface area (Å²) in [4.78, 5) is 16.0. The molecule has 0 saturated carbocycles. The first-order valence-corrected chi connectivity index (χ1v) is 8.85. The first-order chi connectivity index (χ1) is 13.7. The van der Waals surface area contributed by atoms with Gasteiger partial charge in [-0.3, -0.25) is 9.79 Å². The molecule has 2 aromatic rings. The number of rotatable bonds is 6. The number of alkyl halides is 3. The van der Waals surface area contributed by atoms with Crippen LogP contribution in [0.1, 0.15) is 27.0 Å². The number of amides is 1. The van der Waals surface area contributed by atoms with Gasteiger partial charge in [0.2, 0.25) is 0 Å². The van der Waals surface area contributed by atoms with E-state index in [1.165, 1.54) is 7.05 Å². The Bertz CT molecular complexity index is 881. The molecule has 0 spiro atoms. The first-order valence-electron chi connectivity index (χ1n) is 8.85.